The van der Waals surface area contributed by atoms with Crippen LogP contribution in [0.5, 0.6) is 17.2 Å². The predicted molar refractivity (Wildman–Crippen MR) is 110 cm³/mol. The maximum Gasteiger partial charge on any atom is 0.267 e. The van der Waals surface area contributed by atoms with Gasteiger partial charge in [-0.3, -0.25) is 4.79 Å². The number of nitrogens with one attached hydrogen (secondary N) is 1. The fourth-order valence-corrected chi connectivity index (χ4v) is 3.48. The number of ether oxygens (including phenoxy) is 3. The molecule has 0 bridgehead atoms. The number of carbonyl (C=O) groups is 1. The number of anilines is 1. The number of amides is 1. The summed E-state index contributed by atoms with van der Waals surface area (Å²) in [4.78, 5) is 17.7. The Balaban J connectivity index is 1.70. The lowest BCUT2D eigenvalue weighted by Gasteiger charge is -2.11. The molecule has 3 aromatic rings. The molecule has 2 aromatic carbocycles. The third-order valence-electron chi connectivity index (χ3n) is 3.88. The number of aromatic nitrogens is 1. The summed E-state index contributed by atoms with van der Waals surface area (Å²) in [5.74, 6) is 1.59. The Kier molecular flexibility index (Phi) is 6.38. The van der Waals surface area contributed by atoms with E-state index in [1.54, 1.807) is 56.5 Å². The third kappa shape index (κ3) is 4.74. The van der Waals surface area contributed by atoms with Crippen LogP contribution in [0.2, 0.25) is 5.02 Å². The minimum Gasteiger partial charge on any atom is -0.497 e. The molecule has 28 heavy (non-hydrogen) atoms. The van der Waals surface area contributed by atoms with Crippen LogP contribution < -0.4 is 19.5 Å². The molecule has 8 heteroatoms. The normalized spacial score (nSPS) is 10.4. The highest BCUT2D eigenvalue weighted by molar-refractivity contribution is 7.13. The van der Waals surface area contributed by atoms with Crippen molar-refractivity contribution in [3.05, 3.63) is 63.1 Å². The van der Waals surface area contributed by atoms with Crippen LogP contribution in [-0.4, -0.2) is 25.1 Å². The van der Waals surface area contributed by atoms with Crippen LogP contribution in [0.15, 0.2) is 42.5 Å². The maximum atomic E-state index is 12.7. The van der Waals surface area contributed by atoms with Crippen molar-refractivity contribution in [3.8, 4) is 17.2 Å². The van der Waals surface area contributed by atoms with Crippen molar-refractivity contribution in [1.29, 1.82) is 0 Å². The van der Waals surface area contributed by atoms with Gasteiger partial charge in [-0.1, -0.05) is 11.6 Å². The van der Waals surface area contributed by atoms with E-state index < -0.39 is 0 Å². The molecular weight excluding hydrogens is 400 g/mol. The second kappa shape index (κ2) is 8.95. The zero-order valence-electron chi connectivity index (χ0n) is 15.6. The minimum atomic E-state index is -0.254. The first-order valence-electron chi connectivity index (χ1n) is 8.38. The molecule has 0 saturated heterocycles. The summed E-state index contributed by atoms with van der Waals surface area (Å²) in [6, 6.07) is 12.3. The van der Waals surface area contributed by atoms with E-state index in [1.165, 1.54) is 18.4 Å². The standard InChI is InChI=1S/C20H19ClN2O4S/c1-12-19(20(24)23-16-9-8-15(25-2)10-17(16)26-3)28-18(22-12)11-27-14-6-4-13(21)5-7-14/h4-10H,11H2,1-3H3,(H,23,24). The highest BCUT2D eigenvalue weighted by atomic mass is 35.5. The van der Waals surface area contributed by atoms with Gasteiger partial charge in [0.1, 0.15) is 33.7 Å². The minimum absolute atomic E-state index is 0.254. The number of thiazole rings is 1. The number of carbonyl (C=O) groups excluding carboxylic acids is 1. The monoisotopic (exact) mass is 418 g/mol. The van der Waals surface area contributed by atoms with E-state index in [0.29, 0.717) is 43.5 Å². The Morgan fingerprint density at radius 2 is 1.82 bits per heavy atom. The highest BCUT2D eigenvalue weighted by Gasteiger charge is 2.17. The SMILES string of the molecule is COc1ccc(NC(=O)c2sc(COc3ccc(Cl)cc3)nc2C)c(OC)c1. The molecular formula is C20H19ClN2O4S. The van der Waals surface area contributed by atoms with E-state index >= 15 is 0 Å². The van der Waals surface area contributed by atoms with E-state index in [4.69, 9.17) is 25.8 Å². The van der Waals surface area contributed by atoms with Crippen molar-refractivity contribution in [2.45, 2.75) is 13.5 Å². The molecule has 0 fully saturated rings. The number of rotatable bonds is 7. The molecule has 0 aliphatic carbocycles. The first-order chi connectivity index (χ1) is 13.5. The fraction of sp³-hybridized carbons (Fsp3) is 0.200. The molecule has 6 nitrogen and oxygen atoms in total. The molecule has 146 valence electrons. The lowest BCUT2D eigenvalue weighted by atomic mass is 10.2. The summed E-state index contributed by atoms with van der Waals surface area (Å²) in [5.41, 5.74) is 1.20. The van der Waals surface area contributed by atoms with Gasteiger partial charge in [0, 0.05) is 11.1 Å². The van der Waals surface area contributed by atoms with E-state index in [0.717, 1.165) is 0 Å². The van der Waals surface area contributed by atoms with Gasteiger partial charge in [0.05, 0.1) is 25.6 Å². The Bertz CT molecular complexity index is 973. The van der Waals surface area contributed by atoms with Gasteiger partial charge < -0.3 is 19.5 Å². The molecule has 0 spiro atoms. The second-order valence-corrected chi connectivity index (χ2v) is 7.31. The lowest BCUT2D eigenvalue weighted by molar-refractivity contribution is 0.102. The van der Waals surface area contributed by atoms with Crippen molar-refractivity contribution in [2.24, 2.45) is 0 Å². The summed E-state index contributed by atoms with van der Waals surface area (Å²) < 4.78 is 16.2. The van der Waals surface area contributed by atoms with E-state index in [2.05, 4.69) is 10.3 Å². The molecule has 3 rings (SSSR count). The maximum absolute atomic E-state index is 12.7. The predicted octanol–water partition coefficient (Wildman–Crippen LogP) is 4.95. The van der Waals surface area contributed by atoms with Crippen molar-refractivity contribution in [2.75, 3.05) is 19.5 Å². The smallest absolute Gasteiger partial charge is 0.267 e. The van der Waals surface area contributed by atoms with Crippen molar-refractivity contribution >= 4 is 34.5 Å². The molecule has 0 unspecified atom stereocenters. The molecule has 0 aliphatic heterocycles. The summed E-state index contributed by atoms with van der Waals surface area (Å²) in [6.45, 7) is 2.06. The molecule has 0 saturated carbocycles. The number of methoxy groups -OCH3 is 2. The number of halogens is 1. The first kappa shape index (κ1) is 20.0. The quantitative estimate of drug-likeness (QED) is 0.587. The molecule has 0 aliphatic rings. The molecule has 1 heterocycles. The number of nitrogens with zero attached hydrogens (tertiary/aromatic N) is 1. The lowest BCUT2D eigenvalue weighted by Crippen LogP contribution is -2.12. The zero-order chi connectivity index (χ0) is 20.1. The average molecular weight is 419 g/mol. The number of hydrogen-bond acceptors (Lipinski definition) is 6. The van der Waals surface area contributed by atoms with Crippen LogP contribution >= 0.6 is 22.9 Å². The fourth-order valence-electron chi connectivity index (χ4n) is 2.48. The van der Waals surface area contributed by atoms with Crippen LogP contribution in [0, 0.1) is 6.92 Å². The highest BCUT2D eigenvalue weighted by Crippen LogP contribution is 2.30. The van der Waals surface area contributed by atoms with E-state index in [-0.39, 0.29) is 12.5 Å². The van der Waals surface area contributed by atoms with Gasteiger partial charge in [-0.15, -0.1) is 11.3 Å². The van der Waals surface area contributed by atoms with Crippen LogP contribution in [0.25, 0.3) is 0 Å². The second-order valence-electron chi connectivity index (χ2n) is 5.79. The molecule has 1 amide bonds. The topological polar surface area (TPSA) is 69.7 Å². The Hall–Kier alpha value is -2.77. The number of benzene rings is 2. The first-order valence-corrected chi connectivity index (χ1v) is 9.57. The summed E-state index contributed by atoms with van der Waals surface area (Å²) >= 11 is 7.16. The van der Waals surface area contributed by atoms with Crippen molar-refractivity contribution in [1.82, 2.24) is 4.98 Å². The van der Waals surface area contributed by atoms with Gasteiger partial charge in [0.15, 0.2) is 0 Å². The molecule has 1 N–H and O–H groups in total. The Labute approximate surface area is 172 Å². The van der Waals surface area contributed by atoms with Gasteiger partial charge in [-0.05, 0) is 43.3 Å². The van der Waals surface area contributed by atoms with Crippen LogP contribution in [0.1, 0.15) is 20.4 Å². The number of aryl methyl sites for hydroxylation is 1. The van der Waals surface area contributed by atoms with E-state index in [1.807, 2.05) is 0 Å². The van der Waals surface area contributed by atoms with Crippen LogP contribution in [0.3, 0.4) is 0 Å². The van der Waals surface area contributed by atoms with Crippen LogP contribution in [-0.2, 0) is 6.61 Å². The zero-order valence-corrected chi connectivity index (χ0v) is 17.2. The largest absolute Gasteiger partial charge is 0.497 e. The Morgan fingerprint density at radius 3 is 2.50 bits per heavy atom. The van der Waals surface area contributed by atoms with E-state index in [9.17, 15) is 4.79 Å². The average Bonchev–Trinajstić information content (AvgIpc) is 3.08. The Morgan fingerprint density at radius 1 is 1.11 bits per heavy atom. The van der Waals surface area contributed by atoms with Gasteiger partial charge in [0.2, 0.25) is 0 Å². The molecule has 0 radical (unpaired) electrons. The summed E-state index contributed by atoms with van der Waals surface area (Å²) in [7, 11) is 3.11. The third-order valence-corrected chi connectivity index (χ3v) is 5.26. The van der Waals surface area contributed by atoms with Crippen molar-refractivity contribution < 1.29 is 19.0 Å². The van der Waals surface area contributed by atoms with Crippen molar-refractivity contribution in [3.63, 3.8) is 0 Å². The van der Waals surface area contributed by atoms with Gasteiger partial charge in [-0.2, -0.15) is 0 Å². The molecule has 0 atom stereocenters. The molecule has 1 aromatic heterocycles. The van der Waals surface area contributed by atoms with Gasteiger partial charge in [-0.25, -0.2) is 4.98 Å². The number of hydrogen-bond donors (Lipinski definition) is 1. The van der Waals surface area contributed by atoms with Gasteiger partial charge in [0.25, 0.3) is 5.91 Å². The summed E-state index contributed by atoms with van der Waals surface area (Å²) in [5, 5.41) is 4.21. The van der Waals surface area contributed by atoms with Gasteiger partial charge >= 0.3 is 0 Å². The van der Waals surface area contributed by atoms with Crippen LogP contribution in [0.4, 0.5) is 5.69 Å². The summed E-state index contributed by atoms with van der Waals surface area (Å²) in [6.07, 6.45) is 0.